The van der Waals surface area contributed by atoms with Crippen LogP contribution in [0, 0.1) is 0 Å². The van der Waals surface area contributed by atoms with Gasteiger partial charge in [0.05, 0.1) is 5.75 Å². The van der Waals surface area contributed by atoms with Gasteiger partial charge in [0.2, 0.25) is 0 Å². The third-order valence-corrected chi connectivity index (χ3v) is 5.23. The molecule has 0 aliphatic carbocycles. The smallest absolute Gasteiger partial charge is 0.191 e. The van der Waals surface area contributed by atoms with E-state index in [1.54, 1.807) is 0 Å². The molecule has 0 aromatic heterocycles. The Morgan fingerprint density at radius 3 is 2.62 bits per heavy atom. The highest BCUT2D eigenvalue weighted by atomic mass is 127. The molecule has 1 aliphatic rings. The fourth-order valence-corrected chi connectivity index (χ4v) is 3.65. The van der Waals surface area contributed by atoms with Crippen molar-refractivity contribution in [3.05, 3.63) is 0 Å². The molecule has 0 aromatic carbocycles. The third-order valence-electron chi connectivity index (χ3n) is 4.20. The van der Waals surface area contributed by atoms with Gasteiger partial charge in [0, 0.05) is 38.5 Å². The molecular formula is C16H35IN4O2S. The largest absolute Gasteiger partial charge is 0.357 e. The number of halogens is 1. The second-order valence-electron chi connectivity index (χ2n) is 6.26. The van der Waals surface area contributed by atoms with Crippen LogP contribution in [0.25, 0.3) is 0 Å². The number of aliphatic imine (C=N–C) groups is 1. The zero-order chi connectivity index (χ0) is 17.1. The van der Waals surface area contributed by atoms with Crippen molar-refractivity contribution in [2.75, 3.05) is 44.7 Å². The Morgan fingerprint density at radius 1 is 1.25 bits per heavy atom. The molecule has 24 heavy (non-hydrogen) atoms. The minimum atomic E-state index is -2.89. The Bertz CT molecular complexity index is 457. The van der Waals surface area contributed by atoms with E-state index in [0.29, 0.717) is 13.0 Å². The lowest BCUT2D eigenvalue weighted by Crippen LogP contribution is -2.46. The normalized spacial score (nSPS) is 19.6. The lowest BCUT2D eigenvalue weighted by atomic mass is 10.0. The van der Waals surface area contributed by atoms with E-state index in [-0.39, 0.29) is 29.7 Å². The van der Waals surface area contributed by atoms with E-state index in [0.717, 1.165) is 31.6 Å². The lowest BCUT2D eigenvalue weighted by molar-refractivity contribution is 0.147. The molecule has 0 radical (unpaired) electrons. The Morgan fingerprint density at radius 2 is 2.00 bits per heavy atom. The maximum Gasteiger partial charge on any atom is 0.191 e. The van der Waals surface area contributed by atoms with Crippen LogP contribution >= 0.6 is 24.0 Å². The van der Waals surface area contributed by atoms with Crippen molar-refractivity contribution in [3.8, 4) is 0 Å². The van der Waals surface area contributed by atoms with Crippen molar-refractivity contribution in [2.24, 2.45) is 4.99 Å². The number of hydrogen-bond donors (Lipinski definition) is 2. The minimum absolute atomic E-state index is 0. The van der Waals surface area contributed by atoms with E-state index in [1.165, 1.54) is 38.5 Å². The van der Waals surface area contributed by atoms with Crippen LogP contribution in [0.4, 0.5) is 0 Å². The molecule has 144 valence electrons. The molecule has 0 amide bonds. The van der Waals surface area contributed by atoms with Crippen LogP contribution in [-0.2, 0) is 9.84 Å². The molecule has 1 heterocycles. The molecule has 2 N–H and O–H groups in total. The molecule has 1 saturated heterocycles. The quantitative estimate of drug-likeness (QED) is 0.231. The fraction of sp³-hybridized carbons (Fsp3) is 0.938. The van der Waals surface area contributed by atoms with Crippen molar-refractivity contribution in [1.29, 1.82) is 0 Å². The van der Waals surface area contributed by atoms with E-state index in [4.69, 9.17) is 0 Å². The molecule has 1 unspecified atom stereocenters. The van der Waals surface area contributed by atoms with Gasteiger partial charge in [0.15, 0.2) is 5.96 Å². The first-order chi connectivity index (χ1) is 11.0. The summed E-state index contributed by atoms with van der Waals surface area (Å²) in [6.45, 7) is 8.74. The van der Waals surface area contributed by atoms with Crippen LogP contribution in [0.3, 0.4) is 0 Å². The Balaban J connectivity index is 0.00000529. The molecule has 1 atom stereocenters. The Kier molecular flexibility index (Phi) is 13.1. The van der Waals surface area contributed by atoms with Gasteiger partial charge in [-0.25, -0.2) is 8.42 Å². The zero-order valence-electron chi connectivity index (χ0n) is 15.4. The van der Waals surface area contributed by atoms with Crippen molar-refractivity contribution in [1.82, 2.24) is 15.5 Å². The predicted octanol–water partition coefficient (Wildman–Crippen LogP) is 1.86. The first-order valence-electron chi connectivity index (χ1n) is 8.90. The number of nitrogens with zero attached hydrogens (tertiary/aromatic N) is 2. The van der Waals surface area contributed by atoms with Gasteiger partial charge in [-0.1, -0.05) is 13.3 Å². The summed E-state index contributed by atoms with van der Waals surface area (Å²) in [6.07, 6.45) is 7.03. The van der Waals surface area contributed by atoms with E-state index < -0.39 is 9.84 Å². The van der Waals surface area contributed by atoms with Crippen LogP contribution in [0.15, 0.2) is 4.99 Å². The topological polar surface area (TPSA) is 73.8 Å². The summed E-state index contributed by atoms with van der Waals surface area (Å²) in [7, 11) is -2.89. The van der Waals surface area contributed by atoms with Crippen LogP contribution in [-0.4, -0.2) is 70.1 Å². The van der Waals surface area contributed by atoms with Gasteiger partial charge in [-0.2, -0.15) is 0 Å². The highest BCUT2D eigenvalue weighted by Gasteiger charge is 2.19. The fourth-order valence-electron chi connectivity index (χ4n) is 2.99. The molecule has 0 saturated carbocycles. The first-order valence-corrected chi connectivity index (χ1v) is 11.0. The molecular weight excluding hydrogens is 439 g/mol. The van der Waals surface area contributed by atoms with Crippen LogP contribution in [0.1, 0.15) is 46.0 Å². The SMILES string of the molecule is CCNC(=NCCCS(C)(=O)=O)NCCN1CCCCC1CC.I. The average molecular weight is 474 g/mol. The summed E-state index contributed by atoms with van der Waals surface area (Å²) in [6, 6.07) is 0.722. The number of hydrogen-bond acceptors (Lipinski definition) is 4. The highest BCUT2D eigenvalue weighted by Crippen LogP contribution is 2.18. The first kappa shape index (κ1) is 23.9. The number of likely N-dealkylation sites (tertiary alicyclic amines) is 1. The van der Waals surface area contributed by atoms with Crippen LogP contribution in [0.2, 0.25) is 0 Å². The maximum atomic E-state index is 11.1. The lowest BCUT2D eigenvalue weighted by Gasteiger charge is -2.35. The number of nitrogens with one attached hydrogen (secondary N) is 2. The van der Waals surface area contributed by atoms with Crippen LogP contribution in [0.5, 0.6) is 0 Å². The van der Waals surface area contributed by atoms with E-state index in [1.807, 2.05) is 6.92 Å². The van der Waals surface area contributed by atoms with Crippen molar-refractivity contribution in [3.63, 3.8) is 0 Å². The van der Waals surface area contributed by atoms with Gasteiger partial charge >= 0.3 is 0 Å². The van der Waals surface area contributed by atoms with Gasteiger partial charge in [-0.3, -0.25) is 9.89 Å². The summed E-state index contributed by atoms with van der Waals surface area (Å²) < 4.78 is 22.2. The monoisotopic (exact) mass is 474 g/mol. The summed E-state index contributed by atoms with van der Waals surface area (Å²) in [5, 5.41) is 6.57. The molecule has 1 rings (SSSR count). The number of rotatable bonds is 9. The van der Waals surface area contributed by atoms with E-state index in [9.17, 15) is 8.42 Å². The number of sulfone groups is 1. The molecule has 0 aromatic rings. The third kappa shape index (κ3) is 10.7. The molecule has 8 heteroatoms. The van der Waals surface area contributed by atoms with Gasteiger partial charge in [0.1, 0.15) is 9.84 Å². The summed E-state index contributed by atoms with van der Waals surface area (Å²) in [5.41, 5.74) is 0. The molecule has 0 bridgehead atoms. The van der Waals surface area contributed by atoms with Crippen molar-refractivity contribution >= 4 is 39.8 Å². The minimum Gasteiger partial charge on any atom is -0.357 e. The van der Waals surface area contributed by atoms with Crippen molar-refractivity contribution in [2.45, 2.75) is 52.0 Å². The van der Waals surface area contributed by atoms with E-state index >= 15 is 0 Å². The Labute approximate surface area is 165 Å². The second-order valence-corrected chi connectivity index (χ2v) is 8.52. The Hall–Kier alpha value is -0.0900. The number of piperidine rings is 1. The second kappa shape index (κ2) is 13.2. The molecule has 1 fully saturated rings. The average Bonchev–Trinajstić information content (AvgIpc) is 2.51. The van der Waals surface area contributed by atoms with E-state index in [2.05, 4.69) is 27.4 Å². The molecule has 6 nitrogen and oxygen atoms in total. The summed E-state index contributed by atoms with van der Waals surface area (Å²) in [5.74, 6) is 0.980. The number of guanidine groups is 1. The van der Waals surface area contributed by atoms with Crippen molar-refractivity contribution < 1.29 is 8.42 Å². The van der Waals surface area contributed by atoms with Gasteiger partial charge in [-0.05, 0) is 39.2 Å². The summed E-state index contributed by atoms with van der Waals surface area (Å²) >= 11 is 0. The summed E-state index contributed by atoms with van der Waals surface area (Å²) in [4.78, 5) is 7.02. The molecule has 1 aliphatic heterocycles. The van der Waals surface area contributed by atoms with Crippen LogP contribution < -0.4 is 10.6 Å². The maximum absolute atomic E-state index is 11.1. The van der Waals surface area contributed by atoms with Gasteiger partial charge < -0.3 is 10.6 Å². The zero-order valence-corrected chi connectivity index (χ0v) is 18.5. The van der Waals surface area contributed by atoms with Gasteiger partial charge in [-0.15, -0.1) is 24.0 Å². The molecule has 0 spiro atoms. The predicted molar refractivity (Wildman–Crippen MR) is 113 cm³/mol. The highest BCUT2D eigenvalue weighted by molar-refractivity contribution is 14.0. The van der Waals surface area contributed by atoms with Gasteiger partial charge in [0.25, 0.3) is 0 Å². The standard InChI is InChI=1S/C16H34N4O2S.HI/c1-4-15-9-6-7-12-20(15)13-11-19-16(17-5-2)18-10-8-14-23(3,21)22;/h15H,4-14H2,1-3H3,(H2,17,18,19);1H.